The number of carbonyl (C=O) groups excluding carboxylic acids is 11. The molecule has 4 aromatic carbocycles. The van der Waals surface area contributed by atoms with Gasteiger partial charge < -0.3 is 80.2 Å². The van der Waals surface area contributed by atoms with Crippen LogP contribution in [0.2, 0.25) is 0 Å². The summed E-state index contributed by atoms with van der Waals surface area (Å²) in [7, 11) is 0. The maximum atomic E-state index is 14.9. The molecule has 0 aliphatic carbocycles. The van der Waals surface area contributed by atoms with Gasteiger partial charge in [0.2, 0.25) is 65.0 Å². The van der Waals surface area contributed by atoms with Gasteiger partial charge in [-0.2, -0.15) is 0 Å². The molecule has 27 nitrogen and oxygen atoms in total. The molecular formula is C63H82N14O13. The van der Waals surface area contributed by atoms with Crippen molar-refractivity contribution in [1.82, 2.24) is 52.8 Å². The summed E-state index contributed by atoms with van der Waals surface area (Å²) in [6.07, 6.45) is 0.738. The predicted molar refractivity (Wildman–Crippen MR) is 330 cm³/mol. The number of amides is 11. The summed E-state index contributed by atoms with van der Waals surface area (Å²) in [5.41, 5.74) is 18.6. The Morgan fingerprint density at radius 3 is 1.44 bits per heavy atom. The first-order valence-electron chi connectivity index (χ1n) is 29.9. The van der Waals surface area contributed by atoms with Crippen LogP contribution in [-0.4, -0.2) is 167 Å². The number of guanidine groups is 1. The van der Waals surface area contributed by atoms with E-state index < -0.39 is 127 Å². The van der Waals surface area contributed by atoms with Gasteiger partial charge in [-0.05, 0) is 78.8 Å². The Morgan fingerprint density at radius 2 is 1.00 bits per heavy atom. The average Bonchev–Trinajstić information content (AvgIpc) is 2.09. The lowest BCUT2D eigenvalue weighted by Crippen LogP contribution is -2.61. The van der Waals surface area contributed by atoms with Gasteiger partial charge in [0.15, 0.2) is 5.96 Å². The summed E-state index contributed by atoms with van der Waals surface area (Å²) in [5.74, 6) is -8.77. The first-order chi connectivity index (χ1) is 43.1. The number of nitrogens with zero attached hydrogens (tertiary/aromatic N) is 2. The third kappa shape index (κ3) is 22.0. The summed E-state index contributed by atoms with van der Waals surface area (Å²) in [6, 6.07) is 19.8. The van der Waals surface area contributed by atoms with Crippen molar-refractivity contribution in [3.05, 3.63) is 138 Å². The highest BCUT2D eigenvalue weighted by atomic mass is 16.3. The Labute approximate surface area is 521 Å². The van der Waals surface area contributed by atoms with Crippen molar-refractivity contribution in [3.63, 3.8) is 0 Å². The number of phenols is 1. The fourth-order valence-electron chi connectivity index (χ4n) is 10.4. The molecular weight excluding hydrogens is 1160 g/mol. The molecule has 0 aromatic heterocycles. The zero-order valence-corrected chi connectivity index (χ0v) is 50.4. The topological polar surface area (TPSA) is 430 Å². The van der Waals surface area contributed by atoms with Crippen LogP contribution in [0.25, 0.3) is 0 Å². The zero-order valence-electron chi connectivity index (χ0n) is 50.4. The highest BCUT2D eigenvalue weighted by Gasteiger charge is 2.40. The van der Waals surface area contributed by atoms with E-state index >= 15 is 0 Å². The molecule has 2 aliphatic heterocycles. The lowest BCUT2D eigenvalue weighted by atomic mass is 9.99. The summed E-state index contributed by atoms with van der Waals surface area (Å²) >= 11 is 0. The molecule has 0 saturated carbocycles. The third-order valence-corrected chi connectivity index (χ3v) is 15.1. The third-order valence-electron chi connectivity index (χ3n) is 15.1. The molecule has 11 amide bonds. The molecule has 2 fully saturated rings. The number of carbonyl (C=O) groups is 11. The minimum atomic E-state index is -1.76. The molecule has 482 valence electrons. The quantitative estimate of drug-likeness (QED) is 0.0140. The smallest absolute Gasteiger partial charge is 0.245 e. The summed E-state index contributed by atoms with van der Waals surface area (Å²) in [5, 5.41) is 44.8. The molecule has 0 unspecified atom stereocenters. The van der Waals surface area contributed by atoms with Crippen LogP contribution in [0.1, 0.15) is 81.0 Å². The highest BCUT2D eigenvalue weighted by molar-refractivity contribution is 5.99. The Morgan fingerprint density at radius 1 is 0.567 bits per heavy atom. The van der Waals surface area contributed by atoms with Gasteiger partial charge in [0.1, 0.15) is 60.1 Å². The van der Waals surface area contributed by atoms with Gasteiger partial charge in [-0.3, -0.25) is 57.7 Å². The molecule has 2 heterocycles. The first-order valence-corrected chi connectivity index (χ1v) is 29.9. The lowest BCUT2D eigenvalue weighted by Gasteiger charge is -2.30. The van der Waals surface area contributed by atoms with Crippen molar-refractivity contribution >= 4 is 70.9 Å². The van der Waals surface area contributed by atoms with Crippen LogP contribution in [0.3, 0.4) is 0 Å². The first kappa shape index (κ1) is 69.2. The van der Waals surface area contributed by atoms with Crippen molar-refractivity contribution in [2.75, 3.05) is 26.2 Å². The van der Waals surface area contributed by atoms with E-state index in [4.69, 9.17) is 17.2 Å². The normalized spacial score (nSPS) is 16.7. The van der Waals surface area contributed by atoms with Crippen LogP contribution in [-0.2, 0) is 78.4 Å². The van der Waals surface area contributed by atoms with E-state index in [1.807, 2.05) is 0 Å². The molecule has 4 aromatic rings. The molecule has 2 aliphatic rings. The number of aliphatic hydroxyl groups is 1. The number of primary amides is 1. The fourth-order valence-corrected chi connectivity index (χ4v) is 10.4. The highest BCUT2D eigenvalue weighted by Crippen LogP contribution is 2.21. The van der Waals surface area contributed by atoms with Gasteiger partial charge in [0.05, 0.1) is 13.2 Å². The lowest BCUT2D eigenvalue weighted by molar-refractivity contribution is -0.142. The molecule has 0 radical (unpaired) electrons. The van der Waals surface area contributed by atoms with E-state index in [-0.39, 0.29) is 101 Å². The van der Waals surface area contributed by atoms with Crippen LogP contribution in [0.5, 0.6) is 5.75 Å². The van der Waals surface area contributed by atoms with Crippen molar-refractivity contribution in [2.45, 2.75) is 139 Å². The second kappa shape index (κ2) is 34.6. The molecule has 2 saturated heterocycles. The Kier molecular flexibility index (Phi) is 26.6. The predicted octanol–water partition coefficient (Wildman–Crippen LogP) is -1.98. The molecule has 17 N–H and O–H groups in total. The maximum absolute atomic E-state index is 14.9. The van der Waals surface area contributed by atoms with Gasteiger partial charge in [-0.1, -0.05) is 117 Å². The van der Waals surface area contributed by atoms with E-state index in [1.165, 1.54) is 29.2 Å². The second-order valence-corrected chi connectivity index (χ2v) is 22.7. The summed E-state index contributed by atoms with van der Waals surface area (Å²) in [6.45, 7) is 2.38. The van der Waals surface area contributed by atoms with Crippen LogP contribution in [0.4, 0.5) is 0 Å². The van der Waals surface area contributed by atoms with Crippen molar-refractivity contribution in [1.29, 1.82) is 0 Å². The van der Waals surface area contributed by atoms with Crippen LogP contribution in [0, 0.1) is 5.92 Å². The van der Waals surface area contributed by atoms with Gasteiger partial charge in [0.25, 0.3) is 0 Å². The number of likely N-dealkylation sites (tertiary alicyclic amines) is 1. The van der Waals surface area contributed by atoms with E-state index in [2.05, 4.69) is 52.8 Å². The summed E-state index contributed by atoms with van der Waals surface area (Å²) < 4.78 is 0. The average molecular weight is 1240 g/mol. The number of aliphatic hydroxyl groups excluding tert-OH is 1. The molecule has 90 heavy (non-hydrogen) atoms. The molecule has 6 rings (SSSR count). The number of hydrogen-bond donors (Lipinski definition) is 14. The van der Waals surface area contributed by atoms with Gasteiger partial charge >= 0.3 is 0 Å². The Balaban J connectivity index is 1.24. The minimum absolute atomic E-state index is 0.00288. The van der Waals surface area contributed by atoms with Crippen LogP contribution >= 0.6 is 0 Å². The summed E-state index contributed by atoms with van der Waals surface area (Å²) in [4.78, 5) is 157. The van der Waals surface area contributed by atoms with Crippen molar-refractivity contribution < 1.29 is 63.0 Å². The molecule has 9 atom stereocenters. The van der Waals surface area contributed by atoms with Crippen molar-refractivity contribution in [3.8, 4) is 5.75 Å². The number of aliphatic imine (C=N–C) groups is 1. The number of nitrogens with one attached hydrogen (secondary N) is 9. The van der Waals surface area contributed by atoms with E-state index in [1.54, 1.807) is 105 Å². The van der Waals surface area contributed by atoms with E-state index in [0.29, 0.717) is 28.7 Å². The van der Waals surface area contributed by atoms with Crippen molar-refractivity contribution in [2.24, 2.45) is 28.1 Å². The van der Waals surface area contributed by atoms with Gasteiger partial charge in [0, 0.05) is 45.2 Å². The van der Waals surface area contributed by atoms with Crippen LogP contribution in [0.15, 0.2) is 120 Å². The van der Waals surface area contributed by atoms with Crippen LogP contribution < -0.4 is 65.1 Å². The number of nitrogens with two attached hydrogens (primary N) is 3. The van der Waals surface area contributed by atoms with E-state index in [9.17, 15) is 63.0 Å². The number of benzene rings is 4. The second-order valence-electron chi connectivity index (χ2n) is 22.7. The van der Waals surface area contributed by atoms with Gasteiger partial charge in [-0.25, -0.2) is 0 Å². The number of hydrogen-bond acceptors (Lipinski definition) is 14. The van der Waals surface area contributed by atoms with E-state index in [0.717, 1.165) is 0 Å². The Bertz CT molecular complexity index is 3150. The molecule has 0 bridgehead atoms. The fraction of sp³-hybridized carbons (Fsp3) is 0.429. The number of rotatable bonds is 33. The standard InChI is InChI=1S/C63H82N14O13/c1-37(2)30-45(55(83)70-44(20-12-28-67-63(65)66)62(90)77-29-13-21-51(77)61(89)68-35-52(64)80)71-56(84)47(32-39-16-8-4-9-17-39)73-58(86)49(34-41-22-24-42(79)25-23-41)75-60(88)50(36-78)76-59(87)48(33-40-18-10-5-11-19-40)74-57(85)46(31-38-14-6-3-7-15-38)72-54(82)43-26-27-53(81)69-43/h3-11,14-19,22-25,37,43-51,78-79H,12-13,20-21,26-36H2,1-2H3,(H2,64,80)(H,68,89)(H,69,81)(H,70,83)(H,71,84)(H,72,82)(H,73,86)(H,74,85)(H,75,88)(H,76,87)(H4,65,66,67)/t43-,44-,45-,46+,47+,48-,49-,50-,51-/m0/s1. The monoisotopic (exact) mass is 1240 g/mol. The number of phenolic OH excluding ortho intramolecular Hbond substituents is 1. The SMILES string of the molecule is CC(C)C[C@H](NC(=O)[C@@H](Cc1ccccc1)NC(=O)[C@H](Cc1ccc(O)cc1)NC(=O)[C@H](CO)NC(=O)[C@H](Cc1ccccc1)NC(=O)[C@@H](Cc1ccccc1)NC(=O)[C@@H]1CCC(=O)N1)C(=O)N[C@@H](CCCN=C(N)N)C(=O)N1CCC[C@H]1C(=O)NCC(N)=O. The number of aromatic hydroxyl groups is 1. The maximum Gasteiger partial charge on any atom is 0.245 e. The Hall–Kier alpha value is -9.92. The minimum Gasteiger partial charge on any atom is -0.508 e. The zero-order chi connectivity index (χ0) is 65.3. The molecule has 27 heteroatoms. The molecule has 0 spiro atoms. The largest absolute Gasteiger partial charge is 0.508 e. The van der Waals surface area contributed by atoms with Gasteiger partial charge in [-0.15, -0.1) is 0 Å².